The van der Waals surface area contributed by atoms with Crippen molar-refractivity contribution in [2.24, 2.45) is 10.8 Å². The van der Waals surface area contributed by atoms with Crippen LogP contribution in [0.15, 0.2) is 66.7 Å². The summed E-state index contributed by atoms with van der Waals surface area (Å²) in [5.41, 5.74) is 5.41. The maximum absolute atomic E-state index is 14.9. The number of carbonyl (C=O) groups excluding carboxylic acids is 7. The fraction of sp³-hybridized carbons (Fsp3) is 0.561. The first-order valence-electron chi connectivity index (χ1n) is 26.6. The third-order valence-corrected chi connectivity index (χ3v) is 15.5. The van der Waals surface area contributed by atoms with Gasteiger partial charge in [-0.25, -0.2) is 0 Å². The van der Waals surface area contributed by atoms with Gasteiger partial charge in [-0.05, 0) is 129 Å². The number of hydrogen-bond acceptors (Lipinski definition) is 10. The zero-order valence-electron chi connectivity index (χ0n) is 45.1. The molecule has 17 heteroatoms. The van der Waals surface area contributed by atoms with E-state index in [-0.39, 0.29) is 80.0 Å². The standard InChI is InChI=1S/C57H80N10O7/c1-33(58-9)50(69)64-48(56(3,4)5)54(73)66-31-38-27-39(26-25-37(38)28-45(66)52(71)62-43-23-15-19-35-17-11-13-21-41(35)43)60-30-47(68)61-40-29-46(53(72)63-44-24-16-20-36-18-12-14-22-42(36)44)67(32-40)55(74)49(57(6,7)8)65-51(70)34(2)59-10/h11-14,17-18,21-22,25-27,33-34,40,43-46,48-49,58-60H,15-16,19-20,23-24,28-32H2,1-10H3,(H,61,68)(H,62,71)(H,63,72)(H,64,69)(H,65,70)/t33-,34-,40-,43+,44+,45-,46-,48+,49+/m0/s1. The van der Waals surface area contributed by atoms with Crippen LogP contribution in [0.25, 0.3) is 0 Å². The summed E-state index contributed by atoms with van der Waals surface area (Å²) in [7, 11) is 3.35. The quantitative estimate of drug-likeness (QED) is 0.103. The van der Waals surface area contributed by atoms with Gasteiger partial charge in [-0.1, -0.05) is 96.1 Å². The van der Waals surface area contributed by atoms with Gasteiger partial charge in [-0.15, -0.1) is 0 Å². The van der Waals surface area contributed by atoms with Gasteiger partial charge in [0.05, 0.1) is 30.7 Å². The Morgan fingerprint density at radius 3 is 1.62 bits per heavy atom. The molecule has 8 N–H and O–H groups in total. The summed E-state index contributed by atoms with van der Waals surface area (Å²) in [4.78, 5) is 102. The first-order chi connectivity index (χ1) is 35.1. The van der Waals surface area contributed by atoms with Gasteiger partial charge in [0.2, 0.25) is 41.4 Å². The number of hydrogen-bond donors (Lipinski definition) is 8. The predicted molar refractivity (Wildman–Crippen MR) is 285 cm³/mol. The predicted octanol–water partition coefficient (Wildman–Crippen LogP) is 4.10. The Kier molecular flexibility index (Phi) is 17.6. The SMILES string of the molecule is CN[C@@H](C)C(=O)N[C@H](C(=O)N1Cc2cc(NCC(=O)N[C@H]3C[C@@H](C(=O)N[C@@H]4CCCc5ccccc54)N(C(=O)[C@@H](NC(=O)[C@H](C)NC)C(C)(C)C)C3)ccc2C[C@H]1C(=O)N[C@@H]1CCCc2ccccc21)C(C)(C)C. The molecule has 0 bridgehead atoms. The molecule has 9 atom stereocenters. The third kappa shape index (κ3) is 12.9. The minimum Gasteiger partial charge on any atom is -0.376 e. The van der Waals surface area contributed by atoms with E-state index in [1.165, 1.54) is 16.0 Å². The van der Waals surface area contributed by atoms with Crippen molar-refractivity contribution in [1.29, 1.82) is 0 Å². The summed E-state index contributed by atoms with van der Waals surface area (Å²) in [6.45, 7) is 14.7. The van der Waals surface area contributed by atoms with Gasteiger partial charge >= 0.3 is 0 Å². The maximum Gasteiger partial charge on any atom is 0.246 e. The lowest BCUT2D eigenvalue weighted by atomic mass is 9.83. The Balaban J connectivity index is 1.08. The van der Waals surface area contributed by atoms with Crippen LogP contribution >= 0.6 is 0 Å². The average molecular weight is 1020 g/mol. The van der Waals surface area contributed by atoms with E-state index in [1.807, 2.05) is 90.1 Å². The lowest BCUT2D eigenvalue weighted by molar-refractivity contribution is -0.147. The smallest absolute Gasteiger partial charge is 0.246 e. The Morgan fingerprint density at radius 1 is 0.608 bits per heavy atom. The van der Waals surface area contributed by atoms with E-state index < -0.39 is 59.0 Å². The molecule has 4 aliphatic rings. The van der Waals surface area contributed by atoms with Crippen LogP contribution in [-0.4, -0.2) is 121 Å². The highest BCUT2D eigenvalue weighted by Crippen LogP contribution is 2.35. The van der Waals surface area contributed by atoms with Crippen molar-refractivity contribution in [3.63, 3.8) is 0 Å². The summed E-state index contributed by atoms with van der Waals surface area (Å²) in [5, 5.41) is 24.6. The summed E-state index contributed by atoms with van der Waals surface area (Å²) >= 11 is 0. The Labute approximate surface area is 437 Å². The first kappa shape index (κ1) is 55.4. The average Bonchev–Trinajstić information content (AvgIpc) is 3.80. The van der Waals surface area contributed by atoms with Gasteiger partial charge in [-0.3, -0.25) is 33.6 Å². The minimum absolute atomic E-state index is 0.0581. The van der Waals surface area contributed by atoms with Crippen LogP contribution in [0, 0.1) is 10.8 Å². The number of nitrogens with zero attached hydrogens (tertiary/aromatic N) is 2. The molecule has 1 saturated heterocycles. The number of carbonyl (C=O) groups is 7. The Bertz CT molecular complexity index is 2570. The van der Waals surface area contributed by atoms with Crippen LogP contribution in [0.1, 0.15) is 133 Å². The number of anilines is 1. The van der Waals surface area contributed by atoms with Crippen LogP contribution < -0.4 is 42.5 Å². The van der Waals surface area contributed by atoms with Gasteiger partial charge in [0.25, 0.3) is 0 Å². The van der Waals surface area contributed by atoms with Crippen LogP contribution in [-0.2, 0) is 59.4 Å². The van der Waals surface area contributed by atoms with Crippen molar-refractivity contribution >= 4 is 47.0 Å². The minimum atomic E-state index is -0.956. The molecule has 2 aliphatic heterocycles. The number of likely N-dealkylation sites (N-methyl/N-ethyl adjacent to an activating group) is 2. The van der Waals surface area contributed by atoms with Crippen molar-refractivity contribution in [2.75, 3.05) is 32.5 Å². The lowest BCUT2D eigenvalue weighted by Gasteiger charge is -2.42. The van der Waals surface area contributed by atoms with Crippen molar-refractivity contribution in [3.05, 3.63) is 100 Å². The molecule has 0 radical (unpaired) electrons. The van der Waals surface area contributed by atoms with E-state index in [0.29, 0.717) is 5.69 Å². The van der Waals surface area contributed by atoms with E-state index >= 15 is 0 Å². The van der Waals surface area contributed by atoms with Crippen LogP contribution in [0.4, 0.5) is 5.69 Å². The molecule has 400 valence electrons. The second-order valence-corrected chi connectivity index (χ2v) is 23.0. The molecular formula is C57H80N10O7. The highest BCUT2D eigenvalue weighted by molar-refractivity contribution is 5.95. The highest BCUT2D eigenvalue weighted by atomic mass is 16.2. The second kappa shape index (κ2) is 23.5. The summed E-state index contributed by atoms with van der Waals surface area (Å²) in [6, 6.07) is 16.1. The van der Waals surface area contributed by atoms with Gasteiger partial charge < -0.3 is 52.3 Å². The lowest BCUT2D eigenvalue weighted by Crippen LogP contribution is -2.62. The van der Waals surface area contributed by atoms with E-state index in [0.717, 1.165) is 60.8 Å². The normalized spacial score (nSPS) is 22.1. The molecule has 2 aliphatic carbocycles. The molecule has 0 unspecified atom stereocenters. The number of amides is 7. The highest BCUT2D eigenvalue weighted by Gasteiger charge is 2.47. The number of rotatable bonds is 16. The van der Waals surface area contributed by atoms with Gasteiger partial charge in [0.1, 0.15) is 24.2 Å². The van der Waals surface area contributed by atoms with E-state index in [9.17, 15) is 33.6 Å². The molecule has 2 heterocycles. The zero-order valence-corrected chi connectivity index (χ0v) is 45.1. The summed E-state index contributed by atoms with van der Waals surface area (Å²) in [6.07, 6.45) is 5.64. The van der Waals surface area contributed by atoms with Crippen molar-refractivity contribution < 1.29 is 33.6 Å². The van der Waals surface area contributed by atoms with Crippen molar-refractivity contribution in [2.45, 2.75) is 168 Å². The van der Waals surface area contributed by atoms with Crippen molar-refractivity contribution in [3.8, 4) is 0 Å². The monoisotopic (exact) mass is 1020 g/mol. The summed E-state index contributed by atoms with van der Waals surface area (Å²) in [5.74, 6) is -2.39. The zero-order chi connectivity index (χ0) is 53.6. The molecule has 0 spiro atoms. The molecule has 0 saturated carbocycles. The molecule has 3 aromatic carbocycles. The largest absolute Gasteiger partial charge is 0.376 e. The van der Waals surface area contributed by atoms with Gasteiger partial charge in [0.15, 0.2) is 0 Å². The van der Waals surface area contributed by atoms with Gasteiger partial charge in [0, 0.05) is 31.2 Å². The number of benzene rings is 3. The number of fused-ring (bicyclic) bond motifs is 3. The third-order valence-electron chi connectivity index (χ3n) is 15.5. The fourth-order valence-corrected chi connectivity index (χ4v) is 10.8. The molecule has 17 nitrogen and oxygen atoms in total. The fourth-order valence-electron chi connectivity index (χ4n) is 10.8. The Hall–Kier alpha value is -6.33. The molecule has 7 amide bonds. The van der Waals surface area contributed by atoms with E-state index in [2.05, 4.69) is 60.7 Å². The maximum atomic E-state index is 14.9. The second-order valence-electron chi connectivity index (χ2n) is 23.0. The van der Waals surface area contributed by atoms with Crippen LogP contribution in [0.2, 0.25) is 0 Å². The molecule has 74 heavy (non-hydrogen) atoms. The van der Waals surface area contributed by atoms with E-state index in [4.69, 9.17) is 0 Å². The molecule has 3 aromatic rings. The summed E-state index contributed by atoms with van der Waals surface area (Å²) < 4.78 is 0. The molecular weight excluding hydrogens is 937 g/mol. The number of aryl methyl sites for hydroxylation is 2. The molecule has 1 fully saturated rings. The Morgan fingerprint density at radius 2 is 1.11 bits per heavy atom. The van der Waals surface area contributed by atoms with E-state index in [1.54, 1.807) is 32.8 Å². The van der Waals surface area contributed by atoms with Crippen molar-refractivity contribution in [1.82, 2.24) is 47.0 Å². The van der Waals surface area contributed by atoms with Gasteiger partial charge in [-0.2, -0.15) is 0 Å². The molecule has 7 rings (SSSR count). The topological polar surface area (TPSA) is 222 Å². The first-order valence-corrected chi connectivity index (χ1v) is 26.6. The molecule has 0 aromatic heterocycles. The number of nitrogens with one attached hydrogen (secondary N) is 8. The van der Waals surface area contributed by atoms with Crippen LogP contribution in [0.5, 0.6) is 0 Å². The van der Waals surface area contributed by atoms with Crippen LogP contribution in [0.3, 0.4) is 0 Å². The number of likely N-dealkylation sites (tertiary alicyclic amines) is 1.